The molecule has 0 aliphatic carbocycles. The molecule has 0 saturated heterocycles. The number of hydrogen-bond donors (Lipinski definition) is 0. The van der Waals surface area contributed by atoms with Crippen molar-refractivity contribution in [2.45, 2.75) is 93.9 Å². The highest BCUT2D eigenvalue weighted by Crippen LogP contribution is 2.56. The van der Waals surface area contributed by atoms with Gasteiger partial charge in [0.15, 0.2) is 0 Å². The standard InChI is InChI=1S/C116H90B3N5O6/c1-67-53-69(3)109(70(4)54-67)123-92-65-98-90(117-86-49-51-96-104(82-45-31-47-84(111(82)127-96)115(7,8)9)113(86)129-102-61-80(59-100(125-98)107(102)117)121(75-37-23-15-24-38-75)76-39-25-16-26-40-76)63-88(92)119-89-64-91-99(66-93(89)124(110-71(5)55-68(2)56-72(110)6)95-58-79(57-94(123)106(95)119)120(73-33-19-13-20-34-73)74-35-21-14-22-36-74)126-101-60-81(122(77-41-27-17-28-42-77)78-43-29-18-30-44-78)62-103-108(101)118(91)87-50-52-97-105(114(87)130-103)83-46-32-48-85(112(83)128-97)116(10,11)12/h13-66H,1-12H3. The minimum absolute atomic E-state index is 0.229. The molecule has 0 bridgehead atoms. The predicted octanol–water partition coefficient (Wildman–Crippen LogP) is 25.9. The maximum absolute atomic E-state index is 8.01. The van der Waals surface area contributed by atoms with Crippen molar-refractivity contribution in [3.8, 4) is 46.0 Å². The molecular formula is C116H90B3N5O6. The van der Waals surface area contributed by atoms with Crippen molar-refractivity contribution >= 4 is 198 Å². The zero-order valence-electron chi connectivity index (χ0n) is 74.6. The van der Waals surface area contributed by atoms with Crippen molar-refractivity contribution in [2.24, 2.45) is 0 Å². The van der Waals surface area contributed by atoms with E-state index in [0.717, 1.165) is 235 Å². The molecule has 14 heteroatoms. The van der Waals surface area contributed by atoms with Gasteiger partial charge in [-0.25, -0.2) is 0 Å². The number of para-hydroxylation sites is 8. The summed E-state index contributed by atoms with van der Waals surface area (Å²) in [7, 11) is 0. The third kappa shape index (κ3) is 11.7. The first kappa shape index (κ1) is 77.1. The number of furan rings is 2. The predicted molar refractivity (Wildman–Crippen MR) is 540 cm³/mol. The third-order valence-electron chi connectivity index (χ3n) is 27.7. The van der Waals surface area contributed by atoms with Crippen LogP contribution in [0.4, 0.5) is 85.3 Å². The maximum Gasteiger partial charge on any atom is 0.260 e. The number of hydrogen-bond acceptors (Lipinski definition) is 11. The lowest BCUT2D eigenvalue weighted by Gasteiger charge is -2.47. The molecule has 0 unspecified atom stereocenters. The molecule has 25 rings (SSSR count). The fourth-order valence-electron chi connectivity index (χ4n) is 22.5. The summed E-state index contributed by atoms with van der Waals surface area (Å²) in [5.41, 5.74) is 36.3. The van der Waals surface area contributed by atoms with Gasteiger partial charge in [-0.05, 0) is 210 Å². The molecule has 130 heavy (non-hydrogen) atoms. The highest BCUT2D eigenvalue weighted by Gasteiger charge is 2.52. The van der Waals surface area contributed by atoms with Crippen LogP contribution in [0.5, 0.6) is 46.0 Å². The van der Waals surface area contributed by atoms with E-state index in [2.05, 4.69) is 435 Å². The summed E-state index contributed by atoms with van der Waals surface area (Å²) < 4.78 is 46.0. The van der Waals surface area contributed by atoms with Gasteiger partial charge < -0.3 is 52.3 Å². The van der Waals surface area contributed by atoms with Gasteiger partial charge >= 0.3 is 0 Å². The van der Waals surface area contributed by atoms with Gasteiger partial charge in [-0.15, -0.1) is 0 Å². The molecular weight excluding hydrogens is 1590 g/mol. The van der Waals surface area contributed by atoms with Crippen LogP contribution >= 0.6 is 0 Å². The van der Waals surface area contributed by atoms with E-state index in [1.54, 1.807) is 0 Å². The second kappa shape index (κ2) is 28.6. The van der Waals surface area contributed by atoms with Crippen LogP contribution in [0.1, 0.15) is 86.1 Å². The Morgan fingerprint density at radius 2 is 0.562 bits per heavy atom. The van der Waals surface area contributed by atoms with E-state index in [1.165, 1.54) is 11.1 Å². The monoisotopic (exact) mass is 1680 g/mol. The van der Waals surface area contributed by atoms with E-state index < -0.39 is 20.1 Å². The van der Waals surface area contributed by atoms with Crippen LogP contribution in [0.3, 0.4) is 0 Å². The van der Waals surface area contributed by atoms with Crippen LogP contribution in [-0.4, -0.2) is 20.1 Å². The fraction of sp³-hybridized carbons (Fsp3) is 0.121. The smallest absolute Gasteiger partial charge is 0.260 e. The molecule has 0 fully saturated rings. The van der Waals surface area contributed by atoms with Crippen LogP contribution in [0.15, 0.2) is 336 Å². The zero-order chi connectivity index (χ0) is 87.8. The molecule has 2 aromatic heterocycles. The quantitative estimate of drug-likeness (QED) is 0.116. The Balaban J connectivity index is 0.809. The van der Waals surface area contributed by atoms with Crippen molar-refractivity contribution < 1.29 is 27.8 Å². The summed E-state index contributed by atoms with van der Waals surface area (Å²) in [6.07, 6.45) is 0. The lowest BCUT2D eigenvalue weighted by Crippen LogP contribution is -2.65. The minimum atomic E-state index is -0.473. The number of anilines is 15. The van der Waals surface area contributed by atoms with Crippen LogP contribution in [0.2, 0.25) is 0 Å². The van der Waals surface area contributed by atoms with Crippen molar-refractivity contribution in [1.82, 2.24) is 0 Å². The van der Waals surface area contributed by atoms with Crippen LogP contribution < -0.4 is 92.6 Å². The Labute approximate surface area is 757 Å². The van der Waals surface area contributed by atoms with E-state index in [9.17, 15) is 0 Å². The molecule has 624 valence electrons. The van der Waals surface area contributed by atoms with Crippen molar-refractivity contribution in [2.75, 3.05) is 24.5 Å². The van der Waals surface area contributed by atoms with Gasteiger partial charge in [0.1, 0.15) is 68.3 Å². The number of ether oxygens (including phenoxy) is 4. The molecule has 6 aliphatic rings. The molecule has 6 aliphatic heterocycles. The summed E-state index contributed by atoms with van der Waals surface area (Å²) in [5, 5.41) is 3.87. The van der Waals surface area contributed by atoms with Gasteiger partial charge in [0.25, 0.3) is 20.1 Å². The molecule has 0 atom stereocenters. The first-order valence-corrected chi connectivity index (χ1v) is 45.3. The van der Waals surface area contributed by atoms with E-state index in [-0.39, 0.29) is 10.8 Å². The molecule has 0 N–H and O–H groups in total. The van der Waals surface area contributed by atoms with Gasteiger partial charge in [-0.1, -0.05) is 247 Å². The molecule has 11 nitrogen and oxygen atoms in total. The number of nitrogens with zero attached hydrogens (tertiary/aromatic N) is 5. The van der Waals surface area contributed by atoms with Crippen molar-refractivity contribution in [3.63, 3.8) is 0 Å². The lowest BCUT2D eigenvalue weighted by atomic mass is 9.29. The first-order chi connectivity index (χ1) is 63.2. The Hall–Kier alpha value is -15.3. The van der Waals surface area contributed by atoms with E-state index in [0.29, 0.717) is 23.0 Å². The first-order valence-electron chi connectivity index (χ1n) is 45.3. The molecule has 8 heterocycles. The zero-order valence-corrected chi connectivity index (χ0v) is 74.6. The SMILES string of the molecule is Cc1cc(C)c(N2c3cc4c(cc3B3c5cc6c(cc5N(c5c(C)cc(C)cc5C)c5cc(N(c7ccccc7)c7ccccc7)cc2c53)Oc2cc(N(c3ccccc3)c3ccccc3)cc3c2B6c2ccc5oc6c(C(C)(C)C)cccc6c5c2O3)B2c3ccc5oc6c(C(C)(C)C)cccc6c5c3Oc3cc(N(c5ccccc5)c5ccccc5)cc(c32)O4)c(C)c1. The maximum atomic E-state index is 8.01. The fourth-order valence-corrected chi connectivity index (χ4v) is 22.5. The molecule has 0 spiro atoms. The van der Waals surface area contributed by atoms with Gasteiger partial charge in [-0.2, -0.15) is 0 Å². The summed E-state index contributed by atoms with van der Waals surface area (Å²) >= 11 is 0. The minimum Gasteiger partial charge on any atom is -0.458 e. The Bertz CT molecular complexity index is 7420. The molecule has 0 radical (unpaired) electrons. The summed E-state index contributed by atoms with van der Waals surface area (Å²) in [5.74, 6) is 5.81. The largest absolute Gasteiger partial charge is 0.458 e. The van der Waals surface area contributed by atoms with Gasteiger partial charge in [0.05, 0.1) is 39.2 Å². The Morgan fingerprint density at radius 3 is 0.885 bits per heavy atom. The molecule has 17 aromatic carbocycles. The molecule has 19 aromatic rings. The highest BCUT2D eigenvalue weighted by molar-refractivity contribution is 7.03. The average Bonchev–Trinajstić information content (AvgIpc) is 1.21. The number of benzene rings is 17. The van der Waals surface area contributed by atoms with Gasteiger partial charge in [0.2, 0.25) is 0 Å². The second-order valence-electron chi connectivity index (χ2n) is 38.2. The average molecular weight is 1680 g/mol. The van der Waals surface area contributed by atoms with E-state index >= 15 is 0 Å². The van der Waals surface area contributed by atoms with Crippen molar-refractivity contribution in [3.05, 3.63) is 372 Å². The number of rotatable bonds is 11. The number of aryl methyl sites for hydroxylation is 6. The number of fused-ring (bicyclic) bond motifs is 20. The summed E-state index contributed by atoms with van der Waals surface area (Å²) in [6, 6.07) is 119. The summed E-state index contributed by atoms with van der Waals surface area (Å²) in [6.45, 7) is 25.8. The normalized spacial score (nSPS) is 13.4. The third-order valence-corrected chi connectivity index (χ3v) is 27.7. The molecule has 0 amide bonds. The van der Waals surface area contributed by atoms with Crippen LogP contribution in [-0.2, 0) is 10.8 Å². The van der Waals surface area contributed by atoms with E-state index in [4.69, 9.17) is 27.8 Å². The molecule has 0 saturated carbocycles. The topological polar surface area (TPSA) is 79.4 Å². The van der Waals surface area contributed by atoms with Gasteiger partial charge in [-0.3, -0.25) is 0 Å². The summed E-state index contributed by atoms with van der Waals surface area (Å²) in [4.78, 5) is 12.3. The van der Waals surface area contributed by atoms with E-state index in [1.807, 2.05) is 0 Å². The Morgan fingerprint density at radius 1 is 0.254 bits per heavy atom. The second-order valence-corrected chi connectivity index (χ2v) is 38.2. The highest BCUT2D eigenvalue weighted by atomic mass is 16.5. The van der Waals surface area contributed by atoms with Gasteiger partial charge in [0, 0.05) is 126 Å². The van der Waals surface area contributed by atoms with Crippen LogP contribution in [0, 0.1) is 41.5 Å². The lowest BCUT2D eigenvalue weighted by molar-refractivity contribution is 0.467. The van der Waals surface area contributed by atoms with Crippen LogP contribution in [0.25, 0.3) is 43.9 Å². The van der Waals surface area contributed by atoms with Crippen molar-refractivity contribution in [1.29, 1.82) is 0 Å². The Kier molecular flexibility index (Phi) is 17.0.